The maximum Gasteiger partial charge on any atom is 0.184 e. The van der Waals surface area contributed by atoms with Gasteiger partial charge in [-0.3, -0.25) is 0 Å². The number of hydrogen-bond acceptors (Lipinski definition) is 6. The lowest BCUT2D eigenvalue weighted by molar-refractivity contribution is -0.298. The number of rotatable bonds is 6. The van der Waals surface area contributed by atoms with E-state index < -0.39 is 30.7 Å². The Hall–Kier alpha value is -1.02. The van der Waals surface area contributed by atoms with Crippen molar-refractivity contribution in [1.29, 1.82) is 0 Å². The van der Waals surface area contributed by atoms with Crippen LogP contribution in [0.5, 0.6) is 0 Å². The average Bonchev–Trinajstić information content (AvgIpc) is 2.51. The largest absolute Gasteiger partial charge is 0.387 e. The minimum absolute atomic E-state index is 0.156. The molecule has 0 saturated carbocycles. The Labute approximate surface area is 124 Å². The van der Waals surface area contributed by atoms with Gasteiger partial charge in [0.15, 0.2) is 6.29 Å². The smallest absolute Gasteiger partial charge is 0.184 e. The summed E-state index contributed by atoms with van der Waals surface area (Å²) in [6.07, 6.45) is -4.15. The molecule has 118 valence electrons. The summed E-state index contributed by atoms with van der Waals surface area (Å²) in [6.45, 7) is 0.568. The maximum atomic E-state index is 10.2. The average molecular weight is 298 g/mol. The number of methoxy groups -OCH3 is 2. The third-order valence-electron chi connectivity index (χ3n) is 3.57. The van der Waals surface area contributed by atoms with Crippen LogP contribution < -0.4 is 0 Å². The second-order valence-electron chi connectivity index (χ2n) is 4.96. The summed E-state index contributed by atoms with van der Waals surface area (Å²) in [7, 11) is 2.89. The van der Waals surface area contributed by atoms with Gasteiger partial charge in [-0.15, -0.1) is 0 Å². The summed E-state index contributed by atoms with van der Waals surface area (Å²) in [4.78, 5) is 0. The van der Waals surface area contributed by atoms with Crippen LogP contribution in [0.3, 0.4) is 0 Å². The number of hydrogen-bond donors (Lipinski definition) is 2. The van der Waals surface area contributed by atoms with Gasteiger partial charge in [-0.25, -0.2) is 0 Å². The van der Waals surface area contributed by atoms with Gasteiger partial charge in [0.2, 0.25) is 0 Å². The second-order valence-corrected chi connectivity index (χ2v) is 4.96. The molecular formula is C15H22O6. The lowest BCUT2D eigenvalue weighted by Gasteiger charge is -2.41. The van der Waals surface area contributed by atoms with Crippen molar-refractivity contribution in [3.63, 3.8) is 0 Å². The van der Waals surface area contributed by atoms with Crippen LogP contribution in [0.1, 0.15) is 5.56 Å². The summed E-state index contributed by atoms with van der Waals surface area (Å²) in [5.41, 5.74) is 1.03. The first-order valence-electron chi connectivity index (χ1n) is 6.86. The van der Waals surface area contributed by atoms with E-state index >= 15 is 0 Å². The molecule has 0 bridgehead atoms. The molecule has 6 heteroatoms. The van der Waals surface area contributed by atoms with Crippen LogP contribution in [0.2, 0.25) is 0 Å². The van der Waals surface area contributed by atoms with Crippen molar-refractivity contribution in [1.82, 2.24) is 0 Å². The van der Waals surface area contributed by atoms with Gasteiger partial charge in [-0.2, -0.15) is 0 Å². The molecule has 1 fully saturated rings. The fourth-order valence-electron chi connectivity index (χ4n) is 2.43. The minimum Gasteiger partial charge on any atom is -0.387 e. The first-order valence-corrected chi connectivity index (χ1v) is 6.86. The van der Waals surface area contributed by atoms with Crippen molar-refractivity contribution < 1.29 is 29.2 Å². The van der Waals surface area contributed by atoms with Gasteiger partial charge in [0.1, 0.15) is 24.4 Å². The highest BCUT2D eigenvalue weighted by Gasteiger charge is 2.45. The highest BCUT2D eigenvalue weighted by atomic mass is 16.7. The zero-order chi connectivity index (χ0) is 15.2. The number of benzene rings is 1. The van der Waals surface area contributed by atoms with Crippen molar-refractivity contribution in [3.05, 3.63) is 35.9 Å². The SMILES string of the molecule is CO[C@@H]1[C@@H](OC)[C@H](O)[C@@H](COCc2ccccc2)O[C@@H]1O. The summed E-state index contributed by atoms with van der Waals surface area (Å²) < 4.78 is 21.2. The molecule has 0 aromatic heterocycles. The summed E-state index contributed by atoms with van der Waals surface area (Å²) in [5.74, 6) is 0. The summed E-state index contributed by atoms with van der Waals surface area (Å²) >= 11 is 0. The van der Waals surface area contributed by atoms with Gasteiger partial charge in [-0.1, -0.05) is 30.3 Å². The fourth-order valence-corrected chi connectivity index (χ4v) is 2.43. The molecule has 0 aliphatic carbocycles. The Morgan fingerprint density at radius 1 is 1.05 bits per heavy atom. The van der Waals surface area contributed by atoms with Crippen molar-refractivity contribution >= 4 is 0 Å². The van der Waals surface area contributed by atoms with Crippen LogP contribution in [0.15, 0.2) is 30.3 Å². The molecule has 21 heavy (non-hydrogen) atoms. The van der Waals surface area contributed by atoms with E-state index in [9.17, 15) is 10.2 Å². The quantitative estimate of drug-likeness (QED) is 0.787. The minimum atomic E-state index is -1.16. The predicted molar refractivity (Wildman–Crippen MR) is 74.6 cm³/mol. The van der Waals surface area contributed by atoms with Gasteiger partial charge in [0.05, 0.1) is 13.2 Å². The molecule has 0 spiro atoms. The zero-order valence-electron chi connectivity index (χ0n) is 12.2. The molecule has 1 aliphatic rings. The van der Waals surface area contributed by atoms with Crippen LogP contribution in [-0.2, 0) is 25.6 Å². The van der Waals surface area contributed by atoms with Crippen LogP contribution in [0, 0.1) is 0 Å². The van der Waals surface area contributed by atoms with Gasteiger partial charge >= 0.3 is 0 Å². The molecule has 0 unspecified atom stereocenters. The van der Waals surface area contributed by atoms with Crippen molar-refractivity contribution in [2.75, 3.05) is 20.8 Å². The first kappa shape index (κ1) is 16.4. The van der Waals surface area contributed by atoms with Crippen molar-refractivity contribution in [3.8, 4) is 0 Å². The Morgan fingerprint density at radius 3 is 2.33 bits per heavy atom. The van der Waals surface area contributed by atoms with Crippen LogP contribution in [0.25, 0.3) is 0 Å². The topological polar surface area (TPSA) is 77.4 Å². The summed E-state index contributed by atoms with van der Waals surface area (Å²) in [6, 6.07) is 9.69. The molecule has 1 saturated heterocycles. The highest BCUT2D eigenvalue weighted by Crippen LogP contribution is 2.24. The molecule has 0 amide bonds. The third-order valence-corrected chi connectivity index (χ3v) is 3.57. The maximum absolute atomic E-state index is 10.2. The Balaban J connectivity index is 1.88. The number of aliphatic hydroxyl groups is 2. The molecule has 2 N–H and O–H groups in total. The number of aliphatic hydroxyl groups excluding tert-OH is 2. The molecule has 1 aromatic carbocycles. The van der Waals surface area contributed by atoms with E-state index in [1.807, 2.05) is 30.3 Å². The van der Waals surface area contributed by atoms with Crippen LogP contribution in [-0.4, -0.2) is 61.7 Å². The lowest BCUT2D eigenvalue weighted by atomic mass is 9.99. The van der Waals surface area contributed by atoms with Crippen molar-refractivity contribution in [2.45, 2.75) is 37.3 Å². The summed E-state index contributed by atoms with van der Waals surface area (Å²) in [5, 5.41) is 20.1. The lowest BCUT2D eigenvalue weighted by Crippen LogP contribution is -2.59. The van der Waals surface area contributed by atoms with Gasteiger partial charge in [-0.05, 0) is 5.56 Å². The molecule has 0 radical (unpaired) electrons. The van der Waals surface area contributed by atoms with Gasteiger partial charge < -0.3 is 29.2 Å². The Morgan fingerprint density at radius 2 is 1.71 bits per heavy atom. The molecule has 1 heterocycles. The Kier molecular flexibility index (Phi) is 6.10. The second kappa shape index (κ2) is 7.84. The standard InChI is InChI=1S/C15H22O6/c1-18-13-12(16)11(21-15(17)14(13)19-2)9-20-8-10-6-4-3-5-7-10/h3-7,11-17H,8-9H2,1-2H3/t11-,12-,13+,14-,15+/m1/s1. The van der Waals surface area contributed by atoms with Gasteiger partial charge in [0.25, 0.3) is 0 Å². The molecular weight excluding hydrogens is 276 g/mol. The van der Waals surface area contributed by atoms with E-state index in [1.54, 1.807) is 0 Å². The first-order chi connectivity index (χ1) is 10.2. The third kappa shape index (κ3) is 4.00. The van der Waals surface area contributed by atoms with E-state index in [4.69, 9.17) is 18.9 Å². The molecule has 1 aliphatic heterocycles. The fraction of sp³-hybridized carbons (Fsp3) is 0.600. The molecule has 6 nitrogen and oxygen atoms in total. The van der Waals surface area contributed by atoms with Gasteiger partial charge in [0, 0.05) is 14.2 Å². The van der Waals surface area contributed by atoms with Crippen LogP contribution >= 0.6 is 0 Å². The van der Waals surface area contributed by atoms with E-state index in [-0.39, 0.29) is 6.61 Å². The normalized spacial score (nSPS) is 33.0. The van der Waals surface area contributed by atoms with Crippen molar-refractivity contribution in [2.24, 2.45) is 0 Å². The molecule has 5 atom stereocenters. The zero-order valence-corrected chi connectivity index (χ0v) is 12.2. The van der Waals surface area contributed by atoms with E-state index in [2.05, 4.69) is 0 Å². The van der Waals surface area contributed by atoms with E-state index in [0.717, 1.165) is 5.56 Å². The highest BCUT2D eigenvalue weighted by molar-refractivity contribution is 5.13. The monoisotopic (exact) mass is 298 g/mol. The van der Waals surface area contributed by atoms with Crippen LogP contribution in [0.4, 0.5) is 0 Å². The molecule has 2 rings (SSSR count). The Bertz CT molecular complexity index is 412. The number of ether oxygens (including phenoxy) is 4. The molecule has 1 aromatic rings. The van der Waals surface area contributed by atoms with E-state index in [1.165, 1.54) is 14.2 Å². The van der Waals surface area contributed by atoms with E-state index in [0.29, 0.717) is 6.61 Å². The predicted octanol–water partition coefficient (Wildman–Crippen LogP) is 0.311.